The molecule has 21 heavy (non-hydrogen) atoms. The summed E-state index contributed by atoms with van der Waals surface area (Å²) < 4.78 is 13.7. The monoisotopic (exact) mass is 306 g/mol. The smallest absolute Gasteiger partial charge is 0.255 e. The van der Waals surface area contributed by atoms with Crippen molar-refractivity contribution in [1.82, 2.24) is 0 Å². The first-order chi connectivity index (χ1) is 10.0. The molecule has 0 radical (unpaired) electrons. The second-order valence-electron chi connectivity index (χ2n) is 4.61. The van der Waals surface area contributed by atoms with Gasteiger partial charge in [0, 0.05) is 17.8 Å². The fourth-order valence-corrected chi connectivity index (χ4v) is 2.21. The number of hydrogen-bond acceptors (Lipinski definition) is 2. The van der Waals surface area contributed by atoms with Crippen molar-refractivity contribution in [2.45, 2.75) is 13.8 Å². The first kappa shape index (κ1) is 15.3. The largest absolute Gasteiger partial charge is 0.385 e. The summed E-state index contributed by atoms with van der Waals surface area (Å²) in [5, 5.41) is 5.87. The van der Waals surface area contributed by atoms with Crippen molar-refractivity contribution in [2.24, 2.45) is 0 Å². The number of aryl methyl sites for hydroxylation is 1. The highest BCUT2D eigenvalue weighted by Gasteiger charge is 2.13. The summed E-state index contributed by atoms with van der Waals surface area (Å²) in [5.74, 6) is -0.954. The lowest BCUT2D eigenvalue weighted by Gasteiger charge is -2.11. The highest BCUT2D eigenvalue weighted by molar-refractivity contribution is 6.34. The molecule has 110 valence electrons. The van der Waals surface area contributed by atoms with Crippen LogP contribution in [-0.4, -0.2) is 12.5 Å². The number of para-hydroxylation sites is 1. The van der Waals surface area contributed by atoms with Crippen molar-refractivity contribution in [3.05, 3.63) is 58.4 Å². The Morgan fingerprint density at radius 3 is 2.67 bits per heavy atom. The van der Waals surface area contributed by atoms with Crippen LogP contribution in [0.3, 0.4) is 0 Å². The maximum Gasteiger partial charge on any atom is 0.255 e. The number of carbonyl (C=O) groups is 1. The van der Waals surface area contributed by atoms with Gasteiger partial charge in [-0.2, -0.15) is 0 Å². The lowest BCUT2D eigenvalue weighted by Crippen LogP contribution is -2.14. The fourth-order valence-electron chi connectivity index (χ4n) is 2.00. The van der Waals surface area contributed by atoms with E-state index in [9.17, 15) is 9.18 Å². The minimum absolute atomic E-state index is 0.00224. The van der Waals surface area contributed by atoms with Crippen LogP contribution in [0, 0.1) is 12.7 Å². The van der Waals surface area contributed by atoms with Crippen molar-refractivity contribution in [2.75, 3.05) is 17.2 Å². The summed E-state index contributed by atoms with van der Waals surface area (Å²) in [6, 6.07) is 9.54. The van der Waals surface area contributed by atoms with Gasteiger partial charge >= 0.3 is 0 Å². The zero-order valence-electron chi connectivity index (χ0n) is 11.8. The molecule has 2 aromatic carbocycles. The number of nitrogens with one attached hydrogen (secondary N) is 2. The molecule has 0 spiro atoms. The molecule has 0 saturated carbocycles. The zero-order valence-corrected chi connectivity index (χ0v) is 12.6. The Labute approximate surface area is 128 Å². The average molecular weight is 307 g/mol. The molecule has 0 saturated heterocycles. The van der Waals surface area contributed by atoms with Crippen LogP contribution in [0.5, 0.6) is 0 Å². The van der Waals surface area contributed by atoms with Gasteiger partial charge in [0.2, 0.25) is 0 Å². The Bertz CT molecular complexity index is 653. The molecule has 2 aromatic rings. The normalized spacial score (nSPS) is 10.3. The first-order valence-electron chi connectivity index (χ1n) is 6.62. The number of anilines is 2. The second-order valence-corrected chi connectivity index (χ2v) is 5.02. The van der Waals surface area contributed by atoms with Gasteiger partial charge in [0.05, 0.1) is 10.7 Å². The molecule has 0 unspecified atom stereocenters. The van der Waals surface area contributed by atoms with Gasteiger partial charge in [0.15, 0.2) is 0 Å². The molecule has 0 aliphatic carbocycles. The molecule has 0 heterocycles. The lowest BCUT2D eigenvalue weighted by molar-refractivity contribution is 0.102. The Hall–Kier alpha value is -2.07. The average Bonchev–Trinajstić information content (AvgIpc) is 2.45. The molecule has 2 N–H and O–H groups in total. The molecule has 0 aliphatic heterocycles. The van der Waals surface area contributed by atoms with Gasteiger partial charge < -0.3 is 10.6 Å². The Morgan fingerprint density at radius 2 is 2.05 bits per heavy atom. The summed E-state index contributed by atoms with van der Waals surface area (Å²) >= 11 is 5.89. The molecule has 2 rings (SSSR count). The third-order valence-electron chi connectivity index (χ3n) is 3.06. The molecule has 1 amide bonds. The standard InChI is InChI=1S/C16H16ClFN2O/c1-3-19-14-8-7-11(9-10(14)2)16(21)20-15-12(17)5-4-6-13(15)18/h4-9,19H,3H2,1-2H3,(H,20,21). The minimum atomic E-state index is -0.558. The van der Waals surface area contributed by atoms with Crippen LogP contribution in [0.2, 0.25) is 5.02 Å². The Kier molecular flexibility index (Phi) is 4.81. The van der Waals surface area contributed by atoms with Crippen LogP contribution in [0.15, 0.2) is 36.4 Å². The molecular weight excluding hydrogens is 291 g/mol. The number of rotatable bonds is 4. The fraction of sp³-hybridized carbons (Fsp3) is 0.188. The van der Waals surface area contributed by atoms with Crippen LogP contribution < -0.4 is 10.6 Å². The van der Waals surface area contributed by atoms with Gasteiger partial charge in [-0.15, -0.1) is 0 Å². The highest BCUT2D eigenvalue weighted by atomic mass is 35.5. The van der Waals surface area contributed by atoms with E-state index in [4.69, 9.17) is 11.6 Å². The van der Waals surface area contributed by atoms with Crippen LogP contribution in [0.1, 0.15) is 22.8 Å². The maximum atomic E-state index is 13.7. The number of benzene rings is 2. The van der Waals surface area contributed by atoms with Crippen molar-refractivity contribution in [3.8, 4) is 0 Å². The predicted octanol–water partition coefficient (Wildman–Crippen LogP) is 4.47. The number of halogens is 2. The highest BCUT2D eigenvalue weighted by Crippen LogP contribution is 2.25. The SMILES string of the molecule is CCNc1ccc(C(=O)Nc2c(F)cccc2Cl)cc1C. The minimum Gasteiger partial charge on any atom is -0.385 e. The van der Waals surface area contributed by atoms with E-state index in [-0.39, 0.29) is 10.7 Å². The topological polar surface area (TPSA) is 41.1 Å². The van der Waals surface area contributed by atoms with E-state index in [1.807, 2.05) is 19.9 Å². The van der Waals surface area contributed by atoms with Gasteiger partial charge in [0.25, 0.3) is 5.91 Å². The van der Waals surface area contributed by atoms with Crippen molar-refractivity contribution >= 4 is 28.9 Å². The van der Waals surface area contributed by atoms with Gasteiger partial charge in [-0.1, -0.05) is 17.7 Å². The van der Waals surface area contributed by atoms with E-state index < -0.39 is 11.7 Å². The summed E-state index contributed by atoms with van der Waals surface area (Å²) in [6.07, 6.45) is 0. The molecule has 0 bridgehead atoms. The van der Waals surface area contributed by atoms with Gasteiger partial charge in [-0.3, -0.25) is 4.79 Å². The van der Waals surface area contributed by atoms with Gasteiger partial charge in [0.1, 0.15) is 5.82 Å². The van der Waals surface area contributed by atoms with Crippen molar-refractivity contribution in [3.63, 3.8) is 0 Å². The second kappa shape index (κ2) is 6.59. The van der Waals surface area contributed by atoms with E-state index in [0.717, 1.165) is 17.8 Å². The van der Waals surface area contributed by atoms with Crippen molar-refractivity contribution < 1.29 is 9.18 Å². The van der Waals surface area contributed by atoms with Crippen molar-refractivity contribution in [1.29, 1.82) is 0 Å². The molecule has 0 fully saturated rings. The van der Waals surface area contributed by atoms with Crippen LogP contribution >= 0.6 is 11.6 Å². The van der Waals surface area contributed by atoms with Gasteiger partial charge in [-0.25, -0.2) is 4.39 Å². The van der Waals surface area contributed by atoms with E-state index in [1.54, 1.807) is 12.1 Å². The molecule has 3 nitrogen and oxygen atoms in total. The molecule has 0 aromatic heterocycles. The third-order valence-corrected chi connectivity index (χ3v) is 3.37. The molecule has 0 atom stereocenters. The predicted molar refractivity (Wildman–Crippen MR) is 84.7 cm³/mol. The summed E-state index contributed by atoms with van der Waals surface area (Å²) in [5.41, 5.74) is 2.37. The Balaban J connectivity index is 2.23. The Morgan fingerprint density at radius 1 is 1.29 bits per heavy atom. The maximum absolute atomic E-state index is 13.7. The number of hydrogen-bond donors (Lipinski definition) is 2. The number of carbonyl (C=O) groups excluding carboxylic acids is 1. The molecule has 5 heteroatoms. The number of amides is 1. The van der Waals surface area contributed by atoms with Crippen LogP contribution in [0.4, 0.5) is 15.8 Å². The van der Waals surface area contributed by atoms with Crippen LogP contribution in [-0.2, 0) is 0 Å². The third kappa shape index (κ3) is 3.52. The lowest BCUT2D eigenvalue weighted by atomic mass is 10.1. The van der Waals surface area contributed by atoms with Gasteiger partial charge in [-0.05, 0) is 49.7 Å². The van der Waals surface area contributed by atoms with E-state index >= 15 is 0 Å². The first-order valence-corrected chi connectivity index (χ1v) is 7.00. The van der Waals surface area contributed by atoms with Crippen LogP contribution in [0.25, 0.3) is 0 Å². The summed E-state index contributed by atoms with van der Waals surface area (Å²) in [6.45, 7) is 4.71. The van der Waals surface area contributed by atoms with E-state index in [1.165, 1.54) is 18.2 Å². The summed E-state index contributed by atoms with van der Waals surface area (Å²) in [7, 11) is 0. The molecular formula is C16H16ClFN2O. The van der Waals surface area contributed by atoms with E-state index in [0.29, 0.717) is 5.56 Å². The zero-order chi connectivity index (χ0) is 15.4. The van der Waals surface area contributed by atoms with E-state index in [2.05, 4.69) is 10.6 Å². The molecule has 0 aliphatic rings. The quantitative estimate of drug-likeness (QED) is 0.875. The summed E-state index contributed by atoms with van der Waals surface area (Å²) in [4.78, 5) is 12.2.